The van der Waals surface area contributed by atoms with Gasteiger partial charge in [0.25, 0.3) is 5.69 Å². The van der Waals surface area contributed by atoms with E-state index in [1.165, 1.54) is 24.4 Å². The lowest BCUT2D eigenvalue weighted by Gasteiger charge is -2.03. The van der Waals surface area contributed by atoms with Crippen molar-refractivity contribution in [3.8, 4) is 6.07 Å². The third-order valence-corrected chi connectivity index (χ3v) is 3.41. The molecule has 3 aromatic rings. The van der Waals surface area contributed by atoms with E-state index in [4.69, 9.17) is 16.0 Å². The number of allylic oxidation sites excluding steroid dienone is 1. The minimum Gasteiger partial charge on any atom is -0.435 e. The summed E-state index contributed by atoms with van der Waals surface area (Å²) in [6.45, 7) is 0. The van der Waals surface area contributed by atoms with Gasteiger partial charge in [0.05, 0.1) is 4.92 Å². The second kappa shape index (κ2) is 6.40. The molecule has 3 rings (SSSR count). The number of hydrogen-bond donors (Lipinski definition) is 1. The van der Waals surface area contributed by atoms with E-state index in [1.807, 2.05) is 6.07 Å². The number of para-hydroxylation sites is 2. The average molecular weight is 341 g/mol. The van der Waals surface area contributed by atoms with E-state index in [9.17, 15) is 15.4 Å². The second-order valence-electron chi connectivity index (χ2n) is 4.72. The van der Waals surface area contributed by atoms with Gasteiger partial charge in [0.15, 0.2) is 5.58 Å². The van der Waals surface area contributed by atoms with Gasteiger partial charge in [-0.15, -0.1) is 0 Å². The van der Waals surface area contributed by atoms with Crippen LogP contribution in [0.4, 0.5) is 11.4 Å². The molecule has 0 unspecified atom stereocenters. The molecule has 0 spiro atoms. The topological polar surface area (TPSA) is 105 Å². The first-order chi connectivity index (χ1) is 11.6. The zero-order valence-corrected chi connectivity index (χ0v) is 12.8. The normalized spacial score (nSPS) is 11.2. The van der Waals surface area contributed by atoms with E-state index < -0.39 is 4.92 Å². The highest BCUT2D eigenvalue weighted by Crippen LogP contribution is 2.28. The van der Waals surface area contributed by atoms with E-state index >= 15 is 0 Å². The van der Waals surface area contributed by atoms with Crippen LogP contribution in [-0.4, -0.2) is 9.91 Å². The van der Waals surface area contributed by atoms with Gasteiger partial charge in [0, 0.05) is 17.3 Å². The van der Waals surface area contributed by atoms with Crippen LogP contribution in [0.15, 0.2) is 53.1 Å². The van der Waals surface area contributed by atoms with Crippen LogP contribution in [0.2, 0.25) is 5.02 Å². The molecule has 0 amide bonds. The maximum absolute atomic E-state index is 11.1. The Kier molecular flexibility index (Phi) is 4.14. The maximum atomic E-state index is 11.1. The largest absolute Gasteiger partial charge is 0.435 e. The summed E-state index contributed by atoms with van der Waals surface area (Å²) < 4.78 is 5.51. The van der Waals surface area contributed by atoms with Gasteiger partial charge in [-0.05, 0) is 24.3 Å². The van der Waals surface area contributed by atoms with E-state index in [2.05, 4.69) is 10.3 Å². The Morgan fingerprint density at radius 3 is 2.88 bits per heavy atom. The molecule has 0 saturated carbocycles. The third kappa shape index (κ3) is 3.04. The number of anilines is 1. The van der Waals surface area contributed by atoms with Gasteiger partial charge in [0.2, 0.25) is 5.89 Å². The summed E-state index contributed by atoms with van der Waals surface area (Å²) in [5.41, 5.74) is 1.27. The Balaban J connectivity index is 1.95. The highest BCUT2D eigenvalue weighted by molar-refractivity contribution is 6.30. The van der Waals surface area contributed by atoms with Crippen molar-refractivity contribution in [3.05, 3.63) is 69.7 Å². The Morgan fingerprint density at radius 2 is 2.17 bits per heavy atom. The zero-order chi connectivity index (χ0) is 17.1. The Morgan fingerprint density at radius 1 is 1.38 bits per heavy atom. The SMILES string of the molecule is N#CC(=CNc1ccc(Cl)cc1[N+](=O)[O-])c1nc2ccccc2o1. The minimum atomic E-state index is -0.562. The van der Waals surface area contributed by atoms with Crippen molar-refractivity contribution < 1.29 is 9.34 Å². The van der Waals surface area contributed by atoms with Crippen molar-refractivity contribution in [2.24, 2.45) is 0 Å². The summed E-state index contributed by atoms with van der Waals surface area (Å²) in [5, 5.41) is 23.3. The summed E-state index contributed by atoms with van der Waals surface area (Å²) >= 11 is 5.77. The van der Waals surface area contributed by atoms with Crippen LogP contribution in [0, 0.1) is 21.4 Å². The van der Waals surface area contributed by atoms with Crippen molar-refractivity contribution in [2.45, 2.75) is 0 Å². The average Bonchev–Trinajstić information content (AvgIpc) is 3.00. The number of fused-ring (bicyclic) bond motifs is 1. The van der Waals surface area contributed by atoms with Crippen LogP contribution < -0.4 is 5.32 Å². The predicted octanol–water partition coefficient (Wildman–Crippen LogP) is 4.37. The van der Waals surface area contributed by atoms with Crippen molar-refractivity contribution in [1.29, 1.82) is 5.26 Å². The first-order valence-electron chi connectivity index (χ1n) is 6.75. The summed E-state index contributed by atoms with van der Waals surface area (Å²) in [7, 11) is 0. The van der Waals surface area contributed by atoms with Gasteiger partial charge in [-0.3, -0.25) is 10.1 Å². The van der Waals surface area contributed by atoms with Crippen LogP contribution in [0.5, 0.6) is 0 Å². The van der Waals surface area contributed by atoms with Crippen LogP contribution in [0.1, 0.15) is 5.89 Å². The molecule has 8 heteroatoms. The van der Waals surface area contributed by atoms with Gasteiger partial charge in [-0.2, -0.15) is 5.26 Å². The molecule has 0 aliphatic carbocycles. The fraction of sp³-hybridized carbons (Fsp3) is 0. The van der Waals surface area contributed by atoms with Gasteiger partial charge in [0.1, 0.15) is 22.8 Å². The van der Waals surface area contributed by atoms with Gasteiger partial charge >= 0.3 is 0 Å². The molecular weight excluding hydrogens is 332 g/mol. The quantitative estimate of drug-likeness (QED) is 0.429. The monoisotopic (exact) mass is 340 g/mol. The number of halogens is 1. The number of nitrogens with one attached hydrogen (secondary N) is 1. The molecule has 118 valence electrons. The summed E-state index contributed by atoms with van der Waals surface area (Å²) in [4.78, 5) is 14.7. The lowest BCUT2D eigenvalue weighted by molar-refractivity contribution is -0.383. The van der Waals surface area contributed by atoms with E-state index in [1.54, 1.807) is 24.3 Å². The van der Waals surface area contributed by atoms with E-state index in [0.717, 1.165) is 0 Å². The van der Waals surface area contributed by atoms with Gasteiger partial charge in [-0.25, -0.2) is 4.98 Å². The fourth-order valence-electron chi connectivity index (χ4n) is 2.06. The molecule has 0 fully saturated rings. The summed E-state index contributed by atoms with van der Waals surface area (Å²) in [6.07, 6.45) is 1.31. The van der Waals surface area contributed by atoms with Crippen molar-refractivity contribution in [3.63, 3.8) is 0 Å². The molecule has 2 aromatic carbocycles. The smallest absolute Gasteiger partial charge is 0.294 e. The van der Waals surface area contributed by atoms with Crippen LogP contribution in [-0.2, 0) is 0 Å². The molecular formula is C16H9ClN4O3. The fourth-order valence-corrected chi connectivity index (χ4v) is 2.22. The van der Waals surface area contributed by atoms with Crippen LogP contribution >= 0.6 is 11.6 Å². The lowest BCUT2D eigenvalue weighted by Crippen LogP contribution is -1.97. The van der Waals surface area contributed by atoms with E-state index in [-0.39, 0.29) is 27.9 Å². The van der Waals surface area contributed by atoms with Crippen molar-refractivity contribution in [2.75, 3.05) is 5.32 Å². The standard InChI is InChI=1S/C16H9ClN4O3/c17-11-5-6-12(14(7-11)21(22)23)19-9-10(8-18)16-20-13-3-1-2-4-15(13)24-16/h1-7,9,19H. The summed E-state index contributed by atoms with van der Waals surface area (Å²) in [5.74, 6) is 0.128. The summed E-state index contributed by atoms with van der Waals surface area (Å²) in [6, 6.07) is 13.2. The number of benzene rings is 2. The number of hydrogen-bond acceptors (Lipinski definition) is 6. The highest BCUT2D eigenvalue weighted by Gasteiger charge is 2.15. The molecule has 24 heavy (non-hydrogen) atoms. The molecule has 1 heterocycles. The molecule has 0 aliphatic heterocycles. The highest BCUT2D eigenvalue weighted by atomic mass is 35.5. The Hall–Kier alpha value is -3.37. The predicted molar refractivity (Wildman–Crippen MR) is 89.3 cm³/mol. The van der Waals surface area contributed by atoms with E-state index in [0.29, 0.717) is 11.1 Å². The van der Waals surface area contributed by atoms with Crippen LogP contribution in [0.25, 0.3) is 16.7 Å². The number of nitro benzene ring substituents is 1. The van der Waals surface area contributed by atoms with Crippen molar-refractivity contribution >= 4 is 39.6 Å². The number of nitro groups is 1. The molecule has 0 aliphatic rings. The first kappa shape index (κ1) is 15.5. The number of oxazole rings is 1. The molecule has 7 nitrogen and oxygen atoms in total. The van der Waals surface area contributed by atoms with Gasteiger partial charge in [-0.1, -0.05) is 23.7 Å². The molecule has 1 N–H and O–H groups in total. The molecule has 0 radical (unpaired) electrons. The second-order valence-corrected chi connectivity index (χ2v) is 5.16. The Bertz CT molecular complexity index is 971. The first-order valence-corrected chi connectivity index (χ1v) is 7.13. The number of rotatable bonds is 4. The molecule has 0 saturated heterocycles. The number of aromatic nitrogens is 1. The number of nitriles is 1. The zero-order valence-electron chi connectivity index (χ0n) is 12.1. The maximum Gasteiger partial charge on any atom is 0.294 e. The molecule has 1 aromatic heterocycles. The minimum absolute atomic E-state index is 0.107. The van der Waals surface area contributed by atoms with Crippen molar-refractivity contribution in [1.82, 2.24) is 4.98 Å². The molecule has 0 atom stereocenters. The molecule has 0 bridgehead atoms. The third-order valence-electron chi connectivity index (χ3n) is 3.17. The Labute approximate surface area is 140 Å². The lowest BCUT2D eigenvalue weighted by atomic mass is 10.2. The van der Waals surface area contributed by atoms with Crippen LogP contribution in [0.3, 0.4) is 0 Å². The van der Waals surface area contributed by atoms with Gasteiger partial charge < -0.3 is 9.73 Å². The number of nitrogens with zero attached hydrogens (tertiary/aromatic N) is 3.